The predicted molar refractivity (Wildman–Crippen MR) is 109 cm³/mol. The molecule has 8 nitrogen and oxygen atoms in total. The van der Waals surface area contributed by atoms with Crippen molar-refractivity contribution in [3.63, 3.8) is 0 Å². The molecule has 0 spiro atoms. The number of hydrogen-bond donors (Lipinski definition) is 1. The van der Waals surface area contributed by atoms with Crippen LogP contribution in [0.15, 0.2) is 47.2 Å². The van der Waals surface area contributed by atoms with Gasteiger partial charge in [-0.1, -0.05) is 35.0 Å². The van der Waals surface area contributed by atoms with Crippen LogP contribution in [0.3, 0.4) is 0 Å². The topological polar surface area (TPSA) is 83.5 Å². The lowest BCUT2D eigenvalue weighted by Gasteiger charge is -2.37. The van der Waals surface area contributed by atoms with Crippen LogP contribution in [-0.4, -0.2) is 73.7 Å². The third-order valence-electron chi connectivity index (χ3n) is 5.49. The zero-order chi connectivity index (χ0) is 20.2. The number of benzene rings is 1. The van der Waals surface area contributed by atoms with E-state index in [1.54, 1.807) is 10.9 Å². The summed E-state index contributed by atoms with van der Waals surface area (Å²) in [6.07, 6.45) is 3.18. The number of aryl methyl sites for hydroxylation is 1. The summed E-state index contributed by atoms with van der Waals surface area (Å²) < 4.78 is 7.32. The van der Waals surface area contributed by atoms with Gasteiger partial charge in [0.15, 0.2) is 0 Å². The van der Waals surface area contributed by atoms with Crippen LogP contribution in [0.1, 0.15) is 24.4 Å². The second kappa shape index (κ2) is 8.86. The molecule has 1 saturated heterocycles. The van der Waals surface area contributed by atoms with Gasteiger partial charge in [0.05, 0.1) is 18.7 Å². The van der Waals surface area contributed by atoms with E-state index in [-0.39, 0.29) is 6.04 Å². The number of piperazine rings is 1. The number of aliphatic hydroxyl groups excluding tert-OH is 1. The van der Waals surface area contributed by atoms with Crippen molar-refractivity contribution in [3.8, 4) is 11.4 Å². The Morgan fingerprint density at radius 2 is 1.86 bits per heavy atom. The smallest absolute Gasteiger partial charge is 0.244 e. The van der Waals surface area contributed by atoms with Gasteiger partial charge in [-0.2, -0.15) is 10.1 Å². The third kappa shape index (κ3) is 4.90. The Morgan fingerprint density at radius 3 is 2.55 bits per heavy atom. The van der Waals surface area contributed by atoms with Gasteiger partial charge in [0.2, 0.25) is 11.7 Å². The second-order valence-corrected chi connectivity index (χ2v) is 7.72. The molecule has 1 aromatic carbocycles. The number of β-amino-alcohol motifs (C(OH)–C–C–N with tert-alkyl or cyclic N) is 1. The molecule has 29 heavy (non-hydrogen) atoms. The zero-order valence-electron chi connectivity index (χ0n) is 17.0. The number of nitrogens with zero attached hydrogens (tertiary/aromatic N) is 6. The minimum absolute atomic E-state index is 0.0675. The Morgan fingerprint density at radius 1 is 1.10 bits per heavy atom. The van der Waals surface area contributed by atoms with E-state index in [2.05, 4.69) is 51.0 Å². The fraction of sp³-hybridized carbons (Fsp3) is 0.476. The molecule has 3 aromatic rings. The monoisotopic (exact) mass is 396 g/mol. The van der Waals surface area contributed by atoms with E-state index in [0.29, 0.717) is 24.8 Å². The van der Waals surface area contributed by atoms with Gasteiger partial charge in [-0.05, 0) is 19.9 Å². The molecule has 1 aliphatic heterocycles. The summed E-state index contributed by atoms with van der Waals surface area (Å²) in [5.74, 6) is 1.28. The van der Waals surface area contributed by atoms with Crippen LogP contribution in [0.5, 0.6) is 0 Å². The van der Waals surface area contributed by atoms with E-state index < -0.39 is 6.10 Å². The Balaban J connectivity index is 1.29. The maximum atomic E-state index is 10.3. The molecule has 1 N–H and O–H groups in total. The Kier molecular flexibility index (Phi) is 6.03. The Hall–Kier alpha value is -2.55. The van der Waals surface area contributed by atoms with Crippen LogP contribution < -0.4 is 0 Å². The maximum Gasteiger partial charge on any atom is 0.244 e. The minimum atomic E-state index is -0.424. The molecule has 0 aliphatic carbocycles. The summed E-state index contributed by atoms with van der Waals surface area (Å²) in [5.41, 5.74) is 2.17. The molecule has 1 fully saturated rings. The van der Waals surface area contributed by atoms with E-state index in [1.165, 1.54) is 5.56 Å². The average Bonchev–Trinajstić information content (AvgIpc) is 3.41. The van der Waals surface area contributed by atoms with Gasteiger partial charge in [-0.25, -0.2) is 0 Å². The van der Waals surface area contributed by atoms with Crippen molar-refractivity contribution in [2.24, 2.45) is 0 Å². The van der Waals surface area contributed by atoms with Crippen molar-refractivity contribution in [2.75, 3.05) is 32.7 Å². The molecule has 154 valence electrons. The van der Waals surface area contributed by atoms with E-state index in [1.807, 2.05) is 24.4 Å². The lowest BCUT2D eigenvalue weighted by atomic mass is 10.1. The normalized spacial score (nSPS) is 18.0. The molecular weight excluding hydrogens is 368 g/mol. The molecule has 1 aliphatic rings. The molecule has 3 heterocycles. The molecule has 0 amide bonds. The number of hydrogen-bond acceptors (Lipinski definition) is 7. The fourth-order valence-electron chi connectivity index (χ4n) is 3.69. The van der Waals surface area contributed by atoms with Crippen LogP contribution in [0.2, 0.25) is 0 Å². The van der Waals surface area contributed by atoms with E-state index in [0.717, 1.165) is 31.7 Å². The molecule has 2 atom stereocenters. The highest BCUT2D eigenvalue weighted by molar-refractivity contribution is 5.54. The number of rotatable bonds is 7. The van der Waals surface area contributed by atoms with Crippen LogP contribution >= 0.6 is 0 Å². The zero-order valence-corrected chi connectivity index (χ0v) is 17.0. The van der Waals surface area contributed by atoms with Gasteiger partial charge in [-0.3, -0.25) is 14.5 Å². The summed E-state index contributed by atoms with van der Waals surface area (Å²) in [6, 6.07) is 10.1. The molecule has 0 radical (unpaired) electrons. The van der Waals surface area contributed by atoms with Crippen LogP contribution in [0.25, 0.3) is 11.4 Å². The van der Waals surface area contributed by atoms with Crippen molar-refractivity contribution >= 4 is 0 Å². The first-order valence-corrected chi connectivity index (χ1v) is 10.1. The molecule has 4 rings (SSSR count). The predicted octanol–water partition coefficient (Wildman–Crippen LogP) is 1.98. The second-order valence-electron chi connectivity index (χ2n) is 7.72. The highest BCUT2D eigenvalue weighted by atomic mass is 16.5. The first-order valence-electron chi connectivity index (χ1n) is 10.1. The average molecular weight is 396 g/mol. The van der Waals surface area contributed by atoms with Crippen molar-refractivity contribution < 1.29 is 9.63 Å². The fourth-order valence-corrected chi connectivity index (χ4v) is 3.69. The van der Waals surface area contributed by atoms with Crippen molar-refractivity contribution in [1.29, 1.82) is 0 Å². The molecule has 0 bridgehead atoms. The molecule has 8 heteroatoms. The summed E-state index contributed by atoms with van der Waals surface area (Å²) in [7, 11) is 0. The third-order valence-corrected chi connectivity index (χ3v) is 5.49. The van der Waals surface area contributed by atoms with Crippen LogP contribution in [0.4, 0.5) is 0 Å². The summed E-state index contributed by atoms with van der Waals surface area (Å²) in [4.78, 5) is 9.26. The Labute approximate surface area is 170 Å². The van der Waals surface area contributed by atoms with E-state index >= 15 is 0 Å². The highest BCUT2D eigenvalue weighted by Gasteiger charge is 2.26. The van der Waals surface area contributed by atoms with Gasteiger partial charge in [-0.15, -0.1) is 0 Å². The number of aliphatic hydroxyl groups is 1. The molecular formula is C21H28N6O2. The van der Waals surface area contributed by atoms with Gasteiger partial charge in [0.1, 0.15) is 0 Å². The van der Waals surface area contributed by atoms with Crippen LogP contribution in [-0.2, 0) is 6.54 Å². The van der Waals surface area contributed by atoms with Gasteiger partial charge < -0.3 is 9.63 Å². The summed E-state index contributed by atoms with van der Waals surface area (Å²) in [5, 5.41) is 18.6. The van der Waals surface area contributed by atoms with Gasteiger partial charge in [0.25, 0.3) is 0 Å². The lowest BCUT2D eigenvalue weighted by molar-refractivity contribution is 0.0459. The SMILES string of the molecule is Cc1ccc(-c2noc([C@H](C)N3CCN(C[C@@H](O)Cn4cccn4)CC3)n2)cc1. The summed E-state index contributed by atoms with van der Waals surface area (Å²) >= 11 is 0. The van der Waals surface area contributed by atoms with Crippen molar-refractivity contribution in [2.45, 2.75) is 32.5 Å². The number of aromatic nitrogens is 4. The lowest BCUT2D eigenvalue weighted by Crippen LogP contribution is -2.49. The standard InChI is InChI=1S/C21H28N6O2/c1-16-4-6-18(7-5-16)20-23-21(29-24-20)17(2)26-12-10-25(11-13-26)14-19(28)15-27-9-3-8-22-27/h3-9,17,19,28H,10-15H2,1-2H3/t17-,19+/m0/s1. The highest BCUT2D eigenvalue weighted by Crippen LogP contribution is 2.23. The Bertz CT molecular complexity index is 884. The first-order chi connectivity index (χ1) is 14.1. The first kappa shape index (κ1) is 19.8. The van der Waals surface area contributed by atoms with Crippen molar-refractivity contribution in [3.05, 3.63) is 54.2 Å². The maximum absolute atomic E-state index is 10.3. The van der Waals surface area contributed by atoms with Gasteiger partial charge in [0, 0.05) is 50.7 Å². The largest absolute Gasteiger partial charge is 0.390 e. The summed E-state index contributed by atoms with van der Waals surface area (Å²) in [6.45, 7) is 8.94. The minimum Gasteiger partial charge on any atom is -0.390 e. The molecule has 0 unspecified atom stereocenters. The quantitative estimate of drug-likeness (QED) is 0.654. The molecule has 2 aromatic heterocycles. The van der Waals surface area contributed by atoms with Crippen molar-refractivity contribution in [1.82, 2.24) is 29.7 Å². The van der Waals surface area contributed by atoms with E-state index in [4.69, 9.17) is 4.52 Å². The van der Waals surface area contributed by atoms with E-state index in [9.17, 15) is 5.11 Å². The van der Waals surface area contributed by atoms with Gasteiger partial charge >= 0.3 is 0 Å². The van der Waals surface area contributed by atoms with Crippen LogP contribution in [0, 0.1) is 6.92 Å². The molecule has 0 saturated carbocycles.